The molecule has 10 heteroatoms. The Morgan fingerprint density at radius 3 is 2.11 bits per heavy atom. The highest BCUT2D eigenvalue weighted by Gasteiger charge is 2.33. The average Bonchev–Trinajstić information content (AvgIpc) is 3.57. The summed E-state index contributed by atoms with van der Waals surface area (Å²) in [4.78, 5) is 57.1. The Balaban J connectivity index is 0.000000156. The minimum Gasteiger partial charge on any atom is -0.495 e. The molecule has 0 fully saturated rings. The van der Waals surface area contributed by atoms with Crippen molar-refractivity contribution in [3.05, 3.63) is 80.2 Å². The van der Waals surface area contributed by atoms with E-state index in [2.05, 4.69) is 9.97 Å². The maximum atomic E-state index is 12.2. The van der Waals surface area contributed by atoms with E-state index in [1.54, 1.807) is 39.5 Å². The number of carbonyl (C=O) groups excluding carboxylic acids is 4. The van der Waals surface area contributed by atoms with Crippen LogP contribution in [0.25, 0.3) is 21.0 Å². The van der Waals surface area contributed by atoms with Gasteiger partial charge in [-0.15, -0.1) is 22.7 Å². The minimum absolute atomic E-state index is 0.0346. The van der Waals surface area contributed by atoms with E-state index in [9.17, 15) is 19.2 Å². The zero-order chi connectivity index (χ0) is 27.1. The molecule has 6 rings (SSSR count). The van der Waals surface area contributed by atoms with Gasteiger partial charge in [0.15, 0.2) is 23.1 Å². The monoisotopic (exact) mass is 544 g/mol. The second kappa shape index (κ2) is 9.88. The minimum atomic E-state index is -0.280. The van der Waals surface area contributed by atoms with Crippen LogP contribution >= 0.6 is 22.7 Å². The number of fused-ring (bicyclic) bond motifs is 4. The van der Waals surface area contributed by atoms with Crippen molar-refractivity contribution >= 4 is 66.8 Å². The third kappa shape index (κ3) is 4.07. The number of hydrogen-bond acceptors (Lipinski definition) is 10. The van der Waals surface area contributed by atoms with Crippen molar-refractivity contribution in [2.45, 2.75) is 13.8 Å². The van der Waals surface area contributed by atoms with Crippen LogP contribution in [-0.2, 0) is 0 Å². The number of aromatic nitrogens is 2. The van der Waals surface area contributed by atoms with Gasteiger partial charge in [0.2, 0.25) is 5.78 Å². The first-order valence-electron chi connectivity index (χ1n) is 11.4. The van der Waals surface area contributed by atoms with Crippen LogP contribution in [0.5, 0.6) is 11.5 Å². The van der Waals surface area contributed by atoms with E-state index < -0.39 is 0 Å². The van der Waals surface area contributed by atoms with Gasteiger partial charge in [0, 0.05) is 28.7 Å². The Hall–Kier alpha value is -4.28. The molecule has 0 spiro atoms. The lowest BCUT2D eigenvalue weighted by Crippen LogP contribution is -2.19. The largest absolute Gasteiger partial charge is 0.495 e. The molecule has 5 aromatic rings. The predicted molar refractivity (Wildman–Crippen MR) is 146 cm³/mol. The molecule has 8 nitrogen and oxygen atoms in total. The molecule has 4 aromatic heterocycles. The number of ether oxygens (including phenoxy) is 2. The second-order valence-electron chi connectivity index (χ2n) is 8.34. The third-order valence-corrected chi connectivity index (χ3v) is 8.47. The van der Waals surface area contributed by atoms with E-state index in [1.165, 1.54) is 30.5 Å². The summed E-state index contributed by atoms with van der Waals surface area (Å²) in [7, 11) is 3.24. The van der Waals surface area contributed by atoms with Gasteiger partial charge in [0.25, 0.3) is 0 Å². The van der Waals surface area contributed by atoms with Crippen LogP contribution in [0, 0.1) is 0 Å². The maximum absolute atomic E-state index is 12.2. The fourth-order valence-electron chi connectivity index (χ4n) is 4.26. The molecule has 0 saturated heterocycles. The third-order valence-electron chi connectivity index (χ3n) is 6.00. The lowest BCUT2D eigenvalue weighted by Gasteiger charge is -2.11. The summed E-state index contributed by atoms with van der Waals surface area (Å²) >= 11 is 2.47. The highest BCUT2D eigenvalue weighted by Crippen LogP contribution is 2.45. The second-order valence-corrected chi connectivity index (χ2v) is 10.4. The van der Waals surface area contributed by atoms with E-state index >= 15 is 0 Å². The number of methoxy groups -OCH3 is 2. The molecular weight excluding hydrogens is 524 g/mol. The number of thiophene rings is 2. The molecule has 0 bridgehead atoms. The van der Waals surface area contributed by atoms with Crippen molar-refractivity contribution in [2.75, 3.05) is 14.2 Å². The Morgan fingerprint density at radius 2 is 1.42 bits per heavy atom. The quantitative estimate of drug-likeness (QED) is 0.256. The number of hydrogen-bond donors (Lipinski definition) is 0. The van der Waals surface area contributed by atoms with E-state index in [-0.39, 0.29) is 28.8 Å². The molecule has 1 aliphatic rings. The van der Waals surface area contributed by atoms with Crippen LogP contribution in [-0.4, -0.2) is 47.3 Å². The first-order chi connectivity index (χ1) is 18.3. The van der Waals surface area contributed by atoms with Crippen LogP contribution in [0.3, 0.4) is 0 Å². The van der Waals surface area contributed by atoms with E-state index in [4.69, 9.17) is 9.47 Å². The van der Waals surface area contributed by atoms with Crippen molar-refractivity contribution in [3.8, 4) is 11.5 Å². The van der Waals surface area contributed by atoms with Crippen LogP contribution < -0.4 is 9.47 Å². The molecule has 0 saturated carbocycles. The fraction of sp³-hybridized carbons (Fsp3) is 0.143. The number of Topliss-reactive ketones (excluding diaryl/α,β-unsaturated/α-hetero) is 2. The zero-order valence-corrected chi connectivity index (χ0v) is 22.4. The Bertz CT molecular complexity index is 1690. The molecule has 4 heterocycles. The predicted octanol–water partition coefficient (Wildman–Crippen LogP) is 5.79. The zero-order valence-electron chi connectivity index (χ0n) is 20.8. The molecule has 0 unspecified atom stereocenters. The highest BCUT2D eigenvalue weighted by molar-refractivity contribution is 7.21. The summed E-state index contributed by atoms with van der Waals surface area (Å²) in [6, 6.07) is 10.3. The summed E-state index contributed by atoms with van der Waals surface area (Å²) in [6.07, 6.45) is 3.20. The van der Waals surface area contributed by atoms with Gasteiger partial charge in [-0.05, 0) is 50.2 Å². The number of benzene rings is 1. The molecule has 0 amide bonds. The maximum Gasteiger partial charge on any atom is 0.222 e. The van der Waals surface area contributed by atoms with Crippen LogP contribution in [0.2, 0.25) is 0 Å². The molecule has 0 aliphatic heterocycles. The normalized spacial score (nSPS) is 12.0. The Labute approximate surface area is 224 Å². The first kappa shape index (κ1) is 25.4. The average molecular weight is 545 g/mol. The lowest BCUT2D eigenvalue weighted by molar-refractivity contribution is 0.0978. The lowest BCUT2D eigenvalue weighted by atomic mass is 9.93. The first-order valence-corrected chi connectivity index (χ1v) is 13.0. The molecule has 0 N–H and O–H groups in total. The topological polar surface area (TPSA) is 113 Å². The smallest absolute Gasteiger partial charge is 0.222 e. The summed E-state index contributed by atoms with van der Waals surface area (Å²) in [5.41, 5.74) is 1.54. The van der Waals surface area contributed by atoms with Gasteiger partial charge in [0.1, 0.15) is 17.0 Å². The standard InChI is InChI=1S/C15H13NO3S.C13H7NO3S/c1-8(17)11-7-10-13(18-2)9-5-4-6-16-12(9)14(19-3)15(10)20-11;1-6(15)9-5-8-11(16)7-3-2-4-14-10(7)12(17)13(8)18-9/h4-7H,1-3H3;2-5H,1H3. The Kier molecular flexibility index (Phi) is 6.60. The van der Waals surface area contributed by atoms with Gasteiger partial charge in [-0.2, -0.15) is 0 Å². The van der Waals surface area contributed by atoms with E-state index in [0.717, 1.165) is 38.1 Å². The molecule has 190 valence electrons. The van der Waals surface area contributed by atoms with Crippen molar-refractivity contribution < 1.29 is 28.7 Å². The number of pyridine rings is 2. The van der Waals surface area contributed by atoms with Gasteiger partial charge in [-0.25, -0.2) is 0 Å². The summed E-state index contributed by atoms with van der Waals surface area (Å²) in [5.74, 6) is 0.787. The van der Waals surface area contributed by atoms with Crippen molar-refractivity contribution in [1.82, 2.24) is 9.97 Å². The number of rotatable bonds is 4. The summed E-state index contributed by atoms with van der Waals surface area (Å²) in [5, 5.41) is 1.77. The van der Waals surface area contributed by atoms with Gasteiger partial charge >= 0.3 is 0 Å². The van der Waals surface area contributed by atoms with E-state index in [1.807, 2.05) is 18.2 Å². The Morgan fingerprint density at radius 1 is 0.763 bits per heavy atom. The number of ketones is 4. The van der Waals surface area contributed by atoms with Crippen LogP contribution in [0.4, 0.5) is 0 Å². The summed E-state index contributed by atoms with van der Waals surface area (Å²) < 4.78 is 11.9. The highest BCUT2D eigenvalue weighted by atomic mass is 32.1. The van der Waals surface area contributed by atoms with E-state index in [0.29, 0.717) is 31.5 Å². The van der Waals surface area contributed by atoms with Gasteiger partial charge in [-0.3, -0.25) is 29.1 Å². The van der Waals surface area contributed by atoms with Gasteiger partial charge in [0.05, 0.1) is 39.1 Å². The molecular formula is C28H20N2O6S2. The van der Waals surface area contributed by atoms with Crippen molar-refractivity contribution in [1.29, 1.82) is 0 Å². The molecule has 0 atom stereocenters. The summed E-state index contributed by atoms with van der Waals surface area (Å²) in [6.45, 7) is 2.97. The van der Waals surface area contributed by atoms with Crippen LogP contribution in [0.15, 0.2) is 48.8 Å². The van der Waals surface area contributed by atoms with Crippen molar-refractivity contribution in [2.24, 2.45) is 0 Å². The molecule has 1 aromatic carbocycles. The van der Waals surface area contributed by atoms with Gasteiger partial charge < -0.3 is 9.47 Å². The van der Waals surface area contributed by atoms with Crippen LogP contribution in [0.1, 0.15) is 64.5 Å². The molecule has 0 radical (unpaired) electrons. The molecule has 38 heavy (non-hydrogen) atoms. The number of carbonyl (C=O) groups is 4. The van der Waals surface area contributed by atoms with Gasteiger partial charge in [-0.1, -0.05) is 0 Å². The van der Waals surface area contributed by atoms with Crippen molar-refractivity contribution in [3.63, 3.8) is 0 Å². The number of nitrogens with zero attached hydrogens (tertiary/aromatic N) is 2. The fourth-order valence-corrected chi connectivity index (χ4v) is 6.32. The SMILES string of the molecule is CC(=O)c1cc2c(s1)C(=O)c1ncccc1C2=O.COc1c2cccnc2c(OC)c2sc(C(C)=O)cc12. The molecule has 1 aliphatic carbocycles.